The van der Waals surface area contributed by atoms with Gasteiger partial charge in [0.1, 0.15) is 6.33 Å². The molecule has 1 N–H and O–H groups in total. The Labute approximate surface area is 186 Å². The molecule has 0 atom stereocenters. The van der Waals surface area contributed by atoms with Crippen molar-refractivity contribution in [1.29, 1.82) is 0 Å². The third-order valence-corrected chi connectivity index (χ3v) is 6.41. The third kappa shape index (κ3) is 3.81. The zero-order valence-electron chi connectivity index (χ0n) is 17.9. The summed E-state index contributed by atoms with van der Waals surface area (Å²) in [4.78, 5) is 29.0. The topological polar surface area (TPSA) is 96.3 Å². The normalized spacial score (nSPS) is 17.0. The van der Waals surface area contributed by atoms with E-state index in [1.165, 1.54) is 6.33 Å². The molecule has 0 radical (unpaired) electrons. The zero-order chi connectivity index (χ0) is 22.1. The van der Waals surface area contributed by atoms with Crippen molar-refractivity contribution in [3.8, 4) is 5.69 Å². The van der Waals surface area contributed by atoms with Gasteiger partial charge in [-0.15, -0.1) is 5.10 Å². The lowest BCUT2D eigenvalue weighted by atomic mass is 9.84. The van der Waals surface area contributed by atoms with Gasteiger partial charge in [-0.05, 0) is 53.1 Å². The van der Waals surface area contributed by atoms with Crippen LogP contribution in [0.4, 0.5) is 11.4 Å². The molecule has 0 unspecified atom stereocenters. The molecule has 2 aliphatic rings. The van der Waals surface area contributed by atoms with Crippen molar-refractivity contribution in [1.82, 2.24) is 25.1 Å². The highest BCUT2D eigenvalue weighted by Gasteiger charge is 2.41. The van der Waals surface area contributed by atoms with Gasteiger partial charge in [-0.1, -0.05) is 24.3 Å². The summed E-state index contributed by atoms with van der Waals surface area (Å²) in [5, 5.41) is 14.8. The number of rotatable bonds is 3. The van der Waals surface area contributed by atoms with E-state index in [1.54, 1.807) is 11.6 Å². The molecule has 2 aliphatic heterocycles. The van der Waals surface area contributed by atoms with Crippen LogP contribution in [0.3, 0.4) is 0 Å². The lowest BCUT2D eigenvalue weighted by molar-refractivity contribution is -0.132. The molecule has 2 amide bonds. The first-order valence-corrected chi connectivity index (χ1v) is 10.8. The number of aromatic nitrogens is 4. The Morgan fingerprint density at radius 2 is 1.81 bits per heavy atom. The maximum Gasteiger partial charge on any atom is 0.226 e. The molecule has 9 nitrogen and oxygen atoms in total. The lowest BCUT2D eigenvalue weighted by Gasteiger charge is -2.49. The van der Waals surface area contributed by atoms with Crippen LogP contribution in [0.25, 0.3) is 5.69 Å². The minimum atomic E-state index is -0.204. The first-order chi connectivity index (χ1) is 15.5. The van der Waals surface area contributed by atoms with E-state index in [0.717, 1.165) is 35.5 Å². The van der Waals surface area contributed by atoms with Crippen LogP contribution in [-0.2, 0) is 16.0 Å². The van der Waals surface area contributed by atoms with Crippen molar-refractivity contribution in [3.63, 3.8) is 0 Å². The van der Waals surface area contributed by atoms with Crippen molar-refractivity contribution in [2.24, 2.45) is 0 Å². The number of hydrogen-bond acceptors (Lipinski definition) is 6. The predicted octanol–water partition coefficient (Wildman–Crippen LogP) is 2.04. The predicted molar refractivity (Wildman–Crippen MR) is 119 cm³/mol. The van der Waals surface area contributed by atoms with E-state index in [9.17, 15) is 9.59 Å². The minimum absolute atomic E-state index is 0.0435. The van der Waals surface area contributed by atoms with E-state index < -0.39 is 0 Å². The molecule has 5 rings (SSSR count). The van der Waals surface area contributed by atoms with E-state index in [1.807, 2.05) is 58.3 Å². The molecule has 164 valence electrons. The van der Waals surface area contributed by atoms with Crippen molar-refractivity contribution >= 4 is 23.2 Å². The molecule has 32 heavy (non-hydrogen) atoms. The Kier molecular flexibility index (Phi) is 5.08. The fourth-order valence-corrected chi connectivity index (χ4v) is 4.61. The van der Waals surface area contributed by atoms with Crippen LogP contribution >= 0.6 is 0 Å². The fraction of sp³-hybridized carbons (Fsp3) is 0.348. The number of tetrazole rings is 1. The number of para-hydroxylation sites is 2. The van der Waals surface area contributed by atoms with E-state index in [2.05, 4.69) is 20.8 Å². The van der Waals surface area contributed by atoms with Gasteiger partial charge in [0.25, 0.3) is 0 Å². The van der Waals surface area contributed by atoms with Gasteiger partial charge in [-0.2, -0.15) is 0 Å². The zero-order valence-corrected chi connectivity index (χ0v) is 17.9. The molecule has 3 heterocycles. The highest BCUT2D eigenvalue weighted by atomic mass is 16.2. The number of carbonyl (C=O) groups excluding carboxylic acids is 2. The van der Waals surface area contributed by atoms with E-state index >= 15 is 0 Å². The van der Waals surface area contributed by atoms with Gasteiger partial charge in [0.15, 0.2) is 0 Å². The number of carbonyl (C=O) groups is 2. The fourth-order valence-electron chi connectivity index (χ4n) is 4.61. The Hall–Kier alpha value is -3.75. The SMILES string of the molecule is CC(=O)N1CC2(CCN(C(=O)Cc3ccc(-n4cnnn4)cc3)CC2)Nc2ccccc21. The van der Waals surface area contributed by atoms with Crippen LogP contribution in [0.1, 0.15) is 25.3 Å². The third-order valence-electron chi connectivity index (χ3n) is 6.41. The summed E-state index contributed by atoms with van der Waals surface area (Å²) >= 11 is 0. The summed E-state index contributed by atoms with van der Waals surface area (Å²) in [6, 6.07) is 15.6. The molecule has 0 bridgehead atoms. The van der Waals surface area contributed by atoms with Gasteiger partial charge >= 0.3 is 0 Å². The number of fused-ring (bicyclic) bond motifs is 1. The van der Waals surface area contributed by atoms with Crippen molar-refractivity contribution in [2.45, 2.75) is 31.7 Å². The average Bonchev–Trinajstić information content (AvgIpc) is 3.34. The van der Waals surface area contributed by atoms with Gasteiger partial charge < -0.3 is 15.1 Å². The summed E-state index contributed by atoms with van der Waals surface area (Å²) < 4.78 is 1.58. The first-order valence-electron chi connectivity index (χ1n) is 10.8. The molecule has 3 aromatic rings. The van der Waals surface area contributed by atoms with Crippen LogP contribution < -0.4 is 10.2 Å². The monoisotopic (exact) mass is 431 g/mol. The Morgan fingerprint density at radius 1 is 1.06 bits per heavy atom. The number of nitrogens with one attached hydrogen (secondary N) is 1. The van der Waals surface area contributed by atoms with Gasteiger partial charge in [-0.25, -0.2) is 4.68 Å². The molecule has 1 saturated heterocycles. The summed E-state index contributed by atoms with van der Waals surface area (Å²) in [6.45, 7) is 3.57. The molecule has 9 heteroatoms. The summed E-state index contributed by atoms with van der Waals surface area (Å²) in [7, 11) is 0. The highest BCUT2D eigenvalue weighted by Crippen LogP contribution is 2.39. The summed E-state index contributed by atoms with van der Waals surface area (Å²) in [5.41, 5.74) is 3.51. The van der Waals surface area contributed by atoms with Gasteiger partial charge in [0, 0.05) is 26.6 Å². The van der Waals surface area contributed by atoms with Gasteiger partial charge in [-0.3, -0.25) is 9.59 Å². The van der Waals surface area contributed by atoms with E-state index in [0.29, 0.717) is 26.1 Å². The number of anilines is 2. The summed E-state index contributed by atoms with van der Waals surface area (Å²) in [5.74, 6) is 0.164. The average molecular weight is 432 g/mol. The standard InChI is InChI=1S/C23H25N7O2/c1-17(31)29-15-23(25-20-4-2-3-5-21(20)29)10-12-28(13-11-23)22(32)14-18-6-8-19(9-7-18)30-16-24-26-27-30/h2-9,16,25H,10-15H2,1H3. The van der Waals surface area contributed by atoms with Gasteiger partial charge in [0.2, 0.25) is 11.8 Å². The van der Waals surface area contributed by atoms with Crippen molar-refractivity contribution in [2.75, 3.05) is 29.9 Å². The molecular weight excluding hydrogens is 406 g/mol. The largest absolute Gasteiger partial charge is 0.376 e. The Morgan fingerprint density at radius 3 is 2.50 bits per heavy atom. The molecular formula is C23H25N7O2. The molecule has 1 aromatic heterocycles. The number of nitrogens with zero attached hydrogens (tertiary/aromatic N) is 6. The summed E-state index contributed by atoms with van der Waals surface area (Å²) in [6.07, 6.45) is 3.50. The quantitative estimate of drug-likeness (QED) is 0.682. The minimum Gasteiger partial charge on any atom is -0.376 e. The van der Waals surface area contributed by atoms with Crippen LogP contribution in [0.15, 0.2) is 54.9 Å². The Balaban J connectivity index is 1.23. The van der Waals surface area contributed by atoms with E-state index in [-0.39, 0.29) is 17.4 Å². The molecule has 0 saturated carbocycles. The first kappa shape index (κ1) is 20.2. The maximum absolute atomic E-state index is 12.9. The number of amides is 2. The molecule has 2 aromatic carbocycles. The van der Waals surface area contributed by atoms with Crippen LogP contribution in [-0.4, -0.2) is 62.1 Å². The Bertz CT molecular complexity index is 1120. The highest BCUT2D eigenvalue weighted by molar-refractivity contribution is 5.96. The number of likely N-dealkylation sites (tertiary alicyclic amines) is 1. The molecule has 0 aliphatic carbocycles. The number of hydrogen-bond donors (Lipinski definition) is 1. The van der Waals surface area contributed by atoms with Crippen LogP contribution in [0.2, 0.25) is 0 Å². The smallest absolute Gasteiger partial charge is 0.226 e. The van der Waals surface area contributed by atoms with Crippen LogP contribution in [0, 0.1) is 0 Å². The molecule has 1 spiro atoms. The van der Waals surface area contributed by atoms with Crippen molar-refractivity contribution < 1.29 is 9.59 Å². The maximum atomic E-state index is 12.9. The molecule has 1 fully saturated rings. The number of piperidine rings is 1. The van der Waals surface area contributed by atoms with E-state index in [4.69, 9.17) is 0 Å². The second-order valence-electron chi connectivity index (χ2n) is 8.51. The second kappa shape index (κ2) is 8.07. The van der Waals surface area contributed by atoms with Crippen molar-refractivity contribution in [3.05, 3.63) is 60.4 Å². The van der Waals surface area contributed by atoms with Gasteiger partial charge in [0.05, 0.1) is 29.0 Å². The van der Waals surface area contributed by atoms with Crippen LogP contribution in [0.5, 0.6) is 0 Å². The number of benzene rings is 2. The lowest BCUT2D eigenvalue weighted by Crippen LogP contribution is -2.59. The second-order valence-corrected chi connectivity index (χ2v) is 8.51.